The molecule has 0 bridgehead atoms. The maximum Gasteiger partial charge on any atom is 0.365 e. The molecule has 0 saturated heterocycles. The summed E-state index contributed by atoms with van der Waals surface area (Å²) in [6.07, 6.45) is 4.68. The summed E-state index contributed by atoms with van der Waals surface area (Å²) in [5, 5.41) is 3.80. The second kappa shape index (κ2) is 8.54. The molecule has 4 aromatic rings. The number of anilines is 1. The van der Waals surface area contributed by atoms with Gasteiger partial charge in [-0.25, -0.2) is 19.0 Å². The number of nitrogens with zero attached hydrogens (tertiary/aromatic N) is 4. The molecule has 0 radical (unpaired) electrons. The molecule has 1 aromatic carbocycles. The van der Waals surface area contributed by atoms with Crippen molar-refractivity contribution < 1.29 is 9.53 Å². The number of rotatable bonds is 5. The number of carbonyl (C=O) groups excluding carboxylic acids is 1. The van der Waals surface area contributed by atoms with Gasteiger partial charge >= 0.3 is 5.69 Å². The van der Waals surface area contributed by atoms with Crippen LogP contribution in [0.3, 0.4) is 0 Å². The third-order valence-electron chi connectivity index (χ3n) is 6.63. The molecule has 1 atom stereocenters. The molecule has 1 N–H and O–H groups in total. The first-order valence-corrected chi connectivity index (χ1v) is 12.5. The number of carbonyl (C=O) groups is 1. The largest absolute Gasteiger partial charge is 0.492 e. The number of hydrogen-bond acceptors (Lipinski definition) is 6. The maximum absolute atomic E-state index is 12.8. The van der Waals surface area contributed by atoms with Gasteiger partial charge in [0.2, 0.25) is 5.91 Å². The first-order chi connectivity index (χ1) is 16.3. The van der Waals surface area contributed by atoms with Crippen molar-refractivity contribution >= 4 is 38.8 Å². The van der Waals surface area contributed by atoms with Crippen molar-refractivity contribution in [1.29, 1.82) is 0 Å². The van der Waals surface area contributed by atoms with E-state index in [-0.39, 0.29) is 17.9 Å². The van der Waals surface area contributed by atoms with E-state index in [1.165, 1.54) is 15.1 Å². The predicted molar refractivity (Wildman–Crippen MR) is 134 cm³/mol. The van der Waals surface area contributed by atoms with Crippen molar-refractivity contribution in [3.05, 3.63) is 51.5 Å². The molecule has 0 saturated carbocycles. The van der Waals surface area contributed by atoms with Crippen molar-refractivity contribution in [3.63, 3.8) is 0 Å². The Morgan fingerprint density at radius 1 is 1.29 bits per heavy atom. The molecule has 0 fully saturated rings. The molecule has 0 unspecified atom stereocenters. The molecule has 9 heteroatoms. The van der Waals surface area contributed by atoms with Crippen molar-refractivity contribution in [2.24, 2.45) is 11.3 Å². The number of thiophene rings is 1. The SMILES string of the molecule is CCOc1ccccc1NC(=O)Cn1c(=O)nc2c3c4c(sc3ncn21)C[C@H](C(C)(C)C)CC4. The molecule has 1 aliphatic rings. The minimum Gasteiger partial charge on any atom is -0.492 e. The van der Waals surface area contributed by atoms with Crippen LogP contribution in [0.5, 0.6) is 5.75 Å². The smallest absolute Gasteiger partial charge is 0.365 e. The van der Waals surface area contributed by atoms with Gasteiger partial charge in [-0.15, -0.1) is 11.3 Å². The normalized spacial score (nSPS) is 16.1. The number of hydrogen-bond donors (Lipinski definition) is 1. The van der Waals surface area contributed by atoms with E-state index in [1.54, 1.807) is 34.3 Å². The number of para-hydroxylation sites is 2. The van der Waals surface area contributed by atoms with Crippen molar-refractivity contribution in [2.75, 3.05) is 11.9 Å². The quantitative estimate of drug-likeness (QED) is 0.461. The van der Waals surface area contributed by atoms with E-state index in [2.05, 4.69) is 36.1 Å². The summed E-state index contributed by atoms with van der Waals surface area (Å²) in [5.74, 6) is 0.870. The van der Waals surface area contributed by atoms with Gasteiger partial charge in [0.1, 0.15) is 23.5 Å². The Bertz CT molecular complexity index is 1440. The minimum atomic E-state index is -0.467. The fraction of sp³-hybridized carbons (Fsp3) is 0.440. The lowest BCUT2D eigenvalue weighted by atomic mass is 9.72. The molecule has 0 aliphatic heterocycles. The summed E-state index contributed by atoms with van der Waals surface area (Å²) in [4.78, 5) is 36.8. The highest BCUT2D eigenvalue weighted by atomic mass is 32.1. The Labute approximate surface area is 201 Å². The minimum absolute atomic E-state index is 0.175. The molecule has 3 heterocycles. The van der Waals surface area contributed by atoms with E-state index in [0.717, 1.165) is 29.5 Å². The van der Waals surface area contributed by atoms with E-state index in [9.17, 15) is 9.59 Å². The topological polar surface area (TPSA) is 90.5 Å². The Hall–Kier alpha value is -3.20. The lowest BCUT2D eigenvalue weighted by molar-refractivity contribution is -0.117. The van der Waals surface area contributed by atoms with Gasteiger partial charge in [-0.1, -0.05) is 32.9 Å². The highest BCUT2D eigenvalue weighted by Crippen LogP contribution is 2.43. The monoisotopic (exact) mass is 479 g/mol. The highest BCUT2D eigenvalue weighted by molar-refractivity contribution is 7.19. The van der Waals surface area contributed by atoms with Gasteiger partial charge in [-0.05, 0) is 55.2 Å². The lowest BCUT2D eigenvalue weighted by Gasteiger charge is -2.33. The summed E-state index contributed by atoms with van der Waals surface area (Å²) in [5.41, 5.74) is 2.18. The van der Waals surface area contributed by atoms with E-state index in [4.69, 9.17) is 4.74 Å². The number of ether oxygens (including phenoxy) is 1. The first kappa shape index (κ1) is 22.6. The van der Waals surface area contributed by atoms with Crippen LogP contribution in [0.25, 0.3) is 15.9 Å². The molecular formula is C25H29N5O3S. The van der Waals surface area contributed by atoms with Gasteiger partial charge in [0.25, 0.3) is 0 Å². The summed E-state index contributed by atoms with van der Waals surface area (Å²) < 4.78 is 8.52. The van der Waals surface area contributed by atoms with Crippen LogP contribution in [-0.4, -0.2) is 31.7 Å². The first-order valence-electron chi connectivity index (χ1n) is 11.7. The Kier molecular flexibility index (Phi) is 5.67. The molecule has 34 heavy (non-hydrogen) atoms. The zero-order valence-corrected chi connectivity index (χ0v) is 20.7. The number of aryl methyl sites for hydroxylation is 1. The van der Waals surface area contributed by atoms with Gasteiger partial charge in [-0.2, -0.15) is 4.98 Å². The number of benzene rings is 1. The van der Waals surface area contributed by atoms with Crippen LogP contribution < -0.4 is 15.7 Å². The van der Waals surface area contributed by atoms with Crippen LogP contribution >= 0.6 is 11.3 Å². The molecule has 178 valence electrons. The van der Waals surface area contributed by atoms with Crippen LogP contribution in [-0.2, 0) is 24.2 Å². The summed E-state index contributed by atoms with van der Waals surface area (Å²) in [6, 6.07) is 7.23. The molecule has 3 aromatic heterocycles. The summed E-state index contributed by atoms with van der Waals surface area (Å²) in [6.45, 7) is 9.09. The average molecular weight is 480 g/mol. The molecule has 1 amide bonds. The lowest BCUT2D eigenvalue weighted by Crippen LogP contribution is -2.28. The van der Waals surface area contributed by atoms with E-state index >= 15 is 0 Å². The number of nitrogens with one attached hydrogen (secondary N) is 1. The van der Waals surface area contributed by atoms with Crippen LogP contribution in [0.1, 0.15) is 44.6 Å². The standard InChI is InChI=1S/C25H29N5O3S/c1-5-33-18-9-7-6-8-17(18)27-20(31)13-29-24(32)28-22-21-16-11-10-15(25(2,3)4)12-19(16)34-23(21)26-14-30(22)29/h6-9,14-15H,5,10-13H2,1-4H3,(H,27,31)/t15-/m1/s1. The average Bonchev–Trinajstić information content (AvgIpc) is 3.31. The predicted octanol–water partition coefficient (Wildman–Crippen LogP) is 4.29. The van der Waals surface area contributed by atoms with Crippen molar-refractivity contribution in [2.45, 2.75) is 53.5 Å². The molecule has 0 spiro atoms. The Morgan fingerprint density at radius 2 is 2.09 bits per heavy atom. The van der Waals surface area contributed by atoms with Crippen molar-refractivity contribution in [3.8, 4) is 5.75 Å². The second-order valence-corrected chi connectivity index (χ2v) is 10.9. The molecule has 5 rings (SSSR count). The Balaban J connectivity index is 1.48. The fourth-order valence-electron chi connectivity index (χ4n) is 4.75. The third-order valence-corrected chi connectivity index (χ3v) is 7.80. The van der Waals surface area contributed by atoms with Crippen LogP contribution in [0.4, 0.5) is 5.69 Å². The summed E-state index contributed by atoms with van der Waals surface area (Å²) >= 11 is 1.70. The van der Waals surface area contributed by atoms with Crippen LogP contribution in [0.15, 0.2) is 35.4 Å². The third kappa shape index (κ3) is 3.98. The fourth-order valence-corrected chi connectivity index (χ4v) is 6.02. The van der Waals surface area contributed by atoms with Gasteiger partial charge in [-0.3, -0.25) is 4.79 Å². The zero-order valence-electron chi connectivity index (χ0n) is 19.9. The highest BCUT2D eigenvalue weighted by Gasteiger charge is 2.32. The second-order valence-electron chi connectivity index (χ2n) is 9.83. The Morgan fingerprint density at radius 3 is 2.85 bits per heavy atom. The zero-order chi connectivity index (χ0) is 24.0. The molecule has 1 aliphatic carbocycles. The molecular weight excluding hydrogens is 450 g/mol. The summed E-state index contributed by atoms with van der Waals surface area (Å²) in [7, 11) is 0. The van der Waals surface area contributed by atoms with Crippen molar-refractivity contribution in [1.82, 2.24) is 19.2 Å². The number of fused-ring (bicyclic) bond motifs is 5. The van der Waals surface area contributed by atoms with Gasteiger partial charge < -0.3 is 10.1 Å². The number of amides is 1. The van der Waals surface area contributed by atoms with Gasteiger partial charge in [0, 0.05) is 4.88 Å². The van der Waals surface area contributed by atoms with Crippen LogP contribution in [0.2, 0.25) is 0 Å². The van der Waals surface area contributed by atoms with Crippen LogP contribution in [0, 0.1) is 11.3 Å². The van der Waals surface area contributed by atoms with E-state index in [1.807, 2.05) is 19.1 Å². The molecule has 8 nitrogen and oxygen atoms in total. The van der Waals surface area contributed by atoms with E-state index in [0.29, 0.717) is 29.6 Å². The maximum atomic E-state index is 12.8. The van der Waals surface area contributed by atoms with Gasteiger partial charge in [0.05, 0.1) is 17.7 Å². The number of aromatic nitrogens is 4. The van der Waals surface area contributed by atoms with E-state index < -0.39 is 5.69 Å². The van der Waals surface area contributed by atoms with Gasteiger partial charge in [0.15, 0.2) is 5.65 Å².